The van der Waals surface area contributed by atoms with Crippen LogP contribution in [-0.4, -0.2) is 26.5 Å². The van der Waals surface area contributed by atoms with Gasteiger partial charge in [0.25, 0.3) is 5.56 Å². The molecule has 0 aliphatic heterocycles. The highest BCUT2D eigenvalue weighted by atomic mass is 16.1. The lowest BCUT2D eigenvalue weighted by molar-refractivity contribution is -0.122. The number of rotatable bonds is 4. The van der Waals surface area contributed by atoms with E-state index in [4.69, 9.17) is 0 Å². The lowest BCUT2D eigenvalue weighted by atomic mass is 9.78. The quantitative estimate of drug-likeness (QED) is 0.894. The molecule has 2 aromatic heterocycles. The molecule has 1 aliphatic carbocycles. The van der Waals surface area contributed by atoms with Crippen LogP contribution in [0.1, 0.15) is 56.5 Å². The number of nitrogens with zero attached hydrogens (tertiary/aromatic N) is 2. The fourth-order valence-corrected chi connectivity index (χ4v) is 4.02. The van der Waals surface area contributed by atoms with Gasteiger partial charge in [-0.1, -0.05) is 26.7 Å². The summed E-state index contributed by atoms with van der Waals surface area (Å²) in [6.07, 6.45) is 4.59. The van der Waals surface area contributed by atoms with Crippen molar-refractivity contribution in [3.05, 3.63) is 33.4 Å². The molecule has 2 N–H and O–H groups in total. The number of nitrogens with one attached hydrogen (secondary N) is 2. The Morgan fingerprint density at radius 2 is 2.12 bits per heavy atom. The first-order chi connectivity index (χ1) is 11.9. The van der Waals surface area contributed by atoms with Gasteiger partial charge in [-0.3, -0.25) is 14.7 Å². The number of carbonyl (C=O) groups excluding carboxylic acids is 1. The number of H-pyrrole nitrogens is 1. The molecule has 1 saturated carbocycles. The zero-order valence-corrected chi connectivity index (χ0v) is 15.6. The largest absolute Gasteiger partial charge is 0.353 e. The smallest absolute Gasteiger partial charge is 0.266 e. The van der Waals surface area contributed by atoms with Crippen molar-refractivity contribution in [2.24, 2.45) is 11.8 Å². The minimum atomic E-state index is -0.162. The zero-order valence-electron chi connectivity index (χ0n) is 15.6. The molecule has 0 aromatic carbocycles. The van der Waals surface area contributed by atoms with Crippen molar-refractivity contribution in [2.75, 3.05) is 0 Å². The zero-order chi connectivity index (χ0) is 18.1. The summed E-state index contributed by atoms with van der Waals surface area (Å²) in [7, 11) is 0. The van der Waals surface area contributed by atoms with Crippen LogP contribution in [0, 0.1) is 25.7 Å². The van der Waals surface area contributed by atoms with Crippen molar-refractivity contribution >= 4 is 11.6 Å². The molecule has 0 spiro atoms. The summed E-state index contributed by atoms with van der Waals surface area (Å²) in [5, 5.41) is 5.98. The summed E-state index contributed by atoms with van der Waals surface area (Å²) in [6.45, 7) is 8.40. The summed E-state index contributed by atoms with van der Waals surface area (Å²) in [5.41, 5.74) is 3.31. The predicted octanol–water partition coefficient (Wildman–Crippen LogP) is 2.51. The average Bonchev–Trinajstić information content (AvgIpc) is 2.92. The van der Waals surface area contributed by atoms with Crippen LogP contribution in [0.2, 0.25) is 0 Å². The van der Waals surface area contributed by atoms with Gasteiger partial charge in [0.05, 0.1) is 0 Å². The Morgan fingerprint density at radius 3 is 2.88 bits per heavy atom. The van der Waals surface area contributed by atoms with E-state index in [1.165, 1.54) is 18.9 Å². The monoisotopic (exact) mass is 344 g/mol. The van der Waals surface area contributed by atoms with Crippen LogP contribution in [0.4, 0.5) is 0 Å². The van der Waals surface area contributed by atoms with Gasteiger partial charge in [-0.15, -0.1) is 0 Å². The molecule has 1 amide bonds. The van der Waals surface area contributed by atoms with Gasteiger partial charge in [-0.2, -0.15) is 0 Å². The summed E-state index contributed by atoms with van der Waals surface area (Å²) in [5.74, 6) is 1.30. The van der Waals surface area contributed by atoms with E-state index in [2.05, 4.69) is 29.2 Å². The number of fused-ring (bicyclic) bond motifs is 1. The maximum atomic E-state index is 12.4. The Kier molecular flexibility index (Phi) is 4.97. The number of aryl methyl sites for hydroxylation is 2. The topological polar surface area (TPSA) is 79.3 Å². The van der Waals surface area contributed by atoms with Crippen LogP contribution in [0.15, 0.2) is 10.9 Å². The van der Waals surface area contributed by atoms with Crippen LogP contribution < -0.4 is 10.9 Å². The lowest BCUT2D eigenvalue weighted by Crippen LogP contribution is -2.43. The van der Waals surface area contributed by atoms with Crippen LogP contribution >= 0.6 is 0 Å². The molecule has 136 valence electrons. The van der Waals surface area contributed by atoms with E-state index in [-0.39, 0.29) is 11.5 Å². The van der Waals surface area contributed by atoms with Crippen molar-refractivity contribution in [1.29, 1.82) is 0 Å². The number of hydrogen-bond donors (Lipinski definition) is 2. The second kappa shape index (κ2) is 7.02. The van der Waals surface area contributed by atoms with Gasteiger partial charge >= 0.3 is 0 Å². The summed E-state index contributed by atoms with van der Waals surface area (Å²) in [4.78, 5) is 28.4. The number of aromatic nitrogens is 3. The van der Waals surface area contributed by atoms with Crippen LogP contribution in [0.3, 0.4) is 0 Å². The first-order valence-electron chi connectivity index (χ1n) is 9.24. The predicted molar refractivity (Wildman–Crippen MR) is 97.7 cm³/mol. The Morgan fingerprint density at radius 1 is 1.36 bits per heavy atom. The normalized spacial score (nSPS) is 23.8. The third-order valence-electron chi connectivity index (χ3n) is 5.86. The van der Waals surface area contributed by atoms with E-state index in [1.54, 1.807) is 4.52 Å². The first-order valence-corrected chi connectivity index (χ1v) is 9.24. The SMILES string of the molecule is Cc1nc2cc(=O)[nH]n2c(C)c1CCC(=O)N[C@@H]1CCC[C@H](C)[C@H]1C. The van der Waals surface area contributed by atoms with Gasteiger partial charge in [0, 0.05) is 29.9 Å². The number of amides is 1. The fourth-order valence-electron chi connectivity index (χ4n) is 4.02. The molecule has 3 rings (SSSR count). The van der Waals surface area contributed by atoms with Crippen LogP contribution in [-0.2, 0) is 11.2 Å². The second-order valence-electron chi connectivity index (χ2n) is 7.52. The summed E-state index contributed by atoms with van der Waals surface area (Å²) >= 11 is 0. The molecule has 1 aliphatic rings. The van der Waals surface area contributed by atoms with Crippen LogP contribution in [0.25, 0.3) is 5.65 Å². The highest BCUT2D eigenvalue weighted by Crippen LogP contribution is 2.29. The molecule has 1 fully saturated rings. The Labute approximate surface area is 148 Å². The lowest BCUT2D eigenvalue weighted by Gasteiger charge is -2.34. The summed E-state index contributed by atoms with van der Waals surface area (Å²) < 4.78 is 1.70. The highest BCUT2D eigenvalue weighted by molar-refractivity contribution is 5.76. The molecule has 0 unspecified atom stereocenters. The molecular weight excluding hydrogens is 316 g/mol. The number of aromatic amines is 1. The third kappa shape index (κ3) is 3.62. The minimum Gasteiger partial charge on any atom is -0.353 e. The molecule has 0 radical (unpaired) electrons. The van der Waals surface area contributed by atoms with Gasteiger partial charge in [-0.25, -0.2) is 9.50 Å². The van der Waals surface area contributed by atoms with Crippen molar-refractivity contribution in [1.82, 2.24) is 19.9 Å². The highest BCUT2D eigenvalue weighted by Gasteiger charge is 2.28. The van der Waals surface area contributed by atoms with Crippen LogP contribution in [0.5, 0.6) is 0 Å². The van der Waals surface area contributed by atoms with E-state index in [1.807, 2.05) is 13.8 Å². The van der Waals surface area contributed by atoms with Gasteiger partial charge in [0.2, 0.25) is 5.91 Å². The van der Waals surface area contributed by atoms with E-state index in [0.717, 1.165) is 23.4 Å². The van der Waals surface area contributed by atoms with Gasteiger partial charge in [0.1, 0.15) is 0 Å². The molecule has 6 nitrogen and oxygen atoms in total. The Balaban J connectivity index is 1.68. The Hall–Kier alpha value is -2.11. The maximum Gasteiger partial charge on any atom is 0.266 e. The van der Waals surface area contributed by atoms with E-state index in [0.29, 0.717) is 36.4 Å². The molecule has 3 atom stereocenters. The molecule has 25 heavy (non-hydrogen) atoms. The maximum absolute atomic E-state index is 12.4. The third-order valence-corrected chi connectivity index (χ3v) is 5.86. The van der Waals surface area contributed by atoms with Crippen molar-refractivity contribution in [3.63, 3.8) is 0 Å². The molecule has 6 heteroatoms. The molecule has 0 saturated heterocycles. The van der Waals surface area contributed by atoms with Crippen molar-refractivity contribution < 1.29 is 4.79 Å². The first kappa shape index (κ1) is 17.7. The van der Waals surface area contributed by atoms with E-state index < -0.39 is 0 Å². The van der Waals surface area contributed by atoms with Crippen molar-refractivity contribution in [2.45, 2.75) is 65.8 Å². The van der Waals surface area contributed by atoms with Gasteiger partial charge < -0.3 is 5.32 Å². The Bertz CT molecular complexity index is 836. The molecule has 2 heterocycles. The number of carbonyl (C=O) groups is 1. The van der Waals surface area contributed by atoms with E-state index >= 15 is 0 Å². The van der Waals surface area contributed by atoms with Gasteiger partial charge in [0.15, 0.2) is 5.65 Å². The van der Waals surface area contributed by atoms with E-state index in [9.17, 15) is 9.59 Å². The average molecular weight is 344 g/mol. The summed E-state index contributed by atoms with van der Waals surface area (Å²) in [6, 6.07) is 1.78. The number of hydrogen-bond acceptors (Lipinski definition) is 3. The van der Waals surface area contributed by atoms with Crippen molar-refractivity contribution in [3.8, 4) is 0 Å². The molecule has 2 aromatic rings. The standard InChI is InChI=1S/C19H28N4O2/c1-11-6-5-7-16(12(11)2)21-18(24)9-8-15-13(3)20-17-10-19(25)22-23(17)14(15)4/h10-12,16H,5-9H2,1-4H3,(H,21,24)(H,22,25)/t11-,12+,16+/m0/s1. The fraction of sp³-hybridized carbons (Fsp3) is 0.632. The molecule has 0 bridgehead atoms. The molecular formula is C19H28N4O2. The minimum absolute atomic E-state index is 0.103. The second-order valence-corrected chi connectivity index (χ2v) is 7.52. The van der Waals surface area contributed by atoms with Gasteiger partial charge in [-0.05, 0) is 44.1 Å².